The minimum Gasteiger partial charge on any atom is -0.480 e. The first-order chi connectivity index (χ1) is 9.04. The molecule has 0 amide bonds. The third-order valence-corrected chi connectivity index (χ3v) is 3.92. The van der Waals surface area contributed by atoms with E-state index >= 15 is 0 Å². The Labute approximate surface area is 120 Å². The number of rotatable bonds is 9. The predicted octanol–water partition coefficient (Wildman–Crippen LogP) is 1.65. The zero-order valence-electron chi connectivity index (χ0n) is 12.7. The van der Waals surface area contributed by atoms with E-state index in [2.05, 4.69) is 29.3 Å². The molecule has 5 nitrogen and oxygen atoms in total. The quantitative estimate of drug-likeness (QED) is 0.699. The van der Waals surface area contributed by atoms with Gasteiger partial charge in [0.1, 0.15) is 0 Å². The molecule has 0 atom stereocenters. The number of anilines is 1. The maximum Gasteiger partial charge on any atom is 0.230 e. The number of aromatic nitrogens is 1. The van der Waals surface area contributed by atoms with Crippen LogP contribution in [0.3, 0.4) is 0 Å². The van der Waals surface area contributed by atoms with Gasteiger partial charge in [-0.3, -0.25) is 0 Å². The summed E-state index contributed by atoms with van der Waals surface area (Å²) >= 11 is 1.68. The molecule has 1 aromatic heterocycles. The Morgan fingerprint density at radius 1 is 1.21 bits per heavy atom. The molecule has 0 aliphatic heterocycles. The molecule has 0 spiro atoms. The number of ether oxygens (including phenoxy) is 1. The van der Waals surface area contributed by atoms with E-state index < -0.39 is 0 Å². The van der Waals surface area contributed by atoms with E-state index in [-0.39, 0.29) is 0 Å². The van der Waals surface area contributed by atoms with Gasteiger partial charge in [-0.25, -0.2) is 0 Å². The fourth-order valence-electron chi connectivity index (χ4n) is 1.67. The summed E-state index contributed by atoms with van der Waals surface area (Å²) in [5.74, 6) is 0.745. The van der Waals surface area contributed by atoms with Crippen LogP contribution in [0.2, 0.25) is 0 Å². The highest BCUT2D eigenvalue weighted by Crippen LogP contribution is 2.30. The van der Waals surface area contributed by atoms with Gasteiger partial charge >= 0.3 is 0 Å². The van der Waals surface area contributed by atoms with Crippen molar-refractivity contribution in [3.05, 3.63) is 4.88 Å². The normalized spacial score (nSPS) is 11.1. The highest BCUT2D eigenvalue weighted by Gasteiger charge is 2.12. The highest BCUT2D eigenvalue weighted by molar-refractivity contribution is 7.15. The van der Waals surface area contributed by atoms with E-state index in [4.69, 9.17) is 4.74 Å². The Morgan fingerprint density at radius 2 is 1.95 bits per heavy atom. The van der Waals surface area contributed by atoms with Crippen LogP contribution in [0.25, 0.3) is 0 Å². The molecule has 1 N–H and O–H groups in total. The molecule has 1 aromatic rings. The molecule has 0 bridgehead atoms. The number of unbranched alkanes of at least 4 members (excludes halogenated alkanes) is 1. The monoisotopic (exact) mass is 286 g/mol. The Morgan fingerprint density at radius 3 is 2.53 bits per heavy atom. The molecule has 1 heterocycles. The SMILES string of the molecule is COc1nc(N(C)C)sc1CNCCCCN(C)C. The van der Waals surface area contributed by atoms with Crippen molar-refractivity contribution >= 4 is 16.5 Å². The lowest BCUT2D eigenvalue weighted by atomic mass is 10.3. The maximum atomic E-state index is 5.31. The molecule has 110 valence electrons. The summed E-state index contributed by atoms with van der Waals surface area (Å²) in [6.07, 6.45) is 2.42. The second-order valence-electron chi connectivity index (χ2n) is 5.01. The number of nitrogens with one attached hydrogen (secondary N) is 1. The van der Waals surface area contributed by atoms with Crippen LogP contribution in [0.4, 0.5) is 5.13 Å². The molecule has 6 heteroatoms. The summed E-state index contributed by atoms with van der Waals surface area (Å²) in [7, 11) is 9.89. The van der Waals surface area contributed by atoms with Gasteiger partial charge in [0.25, 0.3) is 0 Å². The molecule has 0 saturated carbocycles. The smallest absolute Gasteiger partial charge is 0.230 e. The van der Waals surface area contributed by atoms with Crippen molar-refractivity contribution in [2.45, 2.75) is 19.4 Å². The van der Waals surface area contributed by atoms with Crippen molar-refractivity contribution in [3.8, 4) is 5.88 Å². The fraction of sp³-hybridized carbons (Fsp3) is 0.769. The lowest BCUT2D eigenvalue weighted by Crippen LogP contribution is -2.17. The van der Waals surface area contributed by atoms with Gasteiger partial charge in [0, 0.05) is 20.6 Å². The van der Waals surface area contributed by atoms with Crippen LogP contribution in [0.15, 0.2) is 0 Å². The van der Waals surface area contributed by atoms with E-state index in [1.54, 1.807) is 18.4 Å². The minimum absolute atomic E-state index is 0.745. The number of hydrogen-bond donors (Lipinski definition) is 1. The van der Waals surface area contributed by atoms with Crippen LogP contribution >= 0.6 is 11.3 Å². The maximum absolute atomic E-state index is 5.31. The lowest BCUT2D eigenvalue weighted by Gasteiger charge is -2.09. The zero-order valence-corrected chi connectivity index (χ0v) is 13.5. The topological polar surface area (TPSA) is 40.6 Å². The Bertz CT molecular complexity index is 366. The van der Waals surface area contributed by atoms with Crippen molar-refractivity contribution in [2.24, 2.45) is 0 Å². The van der Waals surface area contributed by atoms with Gasteiger partial charge in [0.15, 0.2) is 5.13 Å². The van der Waals surface area contributed by atoms with Gasteiger partial charge in [-0.05, 0) is 40.0 Å². The summed E-state index contributed by atoms with van der Waals surface area (Å²) in [6.45, 7) is 3.01. The zero-order chi connectivity index (χ0) is 14.3. The number of nitrogens with zero attached hydrogens (tertiary/aromatic N) is 3. The summed E-state index contributed by atoms with van der Waals surface area (Å²) in [4.78, 5) is 9.83. The first-order valence-electron chi connectivity index (χ1n) is 6.61. The van der Waals surface area contributed by atoms with Crippen molar-refractivity contribution in [1.82, 2.24) is 15.2 Å². The second kappa shape index (κ2) is 8.35. The van der Waals surface area contributed by atoms with Crippen molar-refractivity contribution in [2.75, 3.05) is 53.3 Å². The average Bonchev–Trinajstić information content (AvgIpc) is 2.76. The molecular weight excluding hydrogens is 260 g/mol. The summed E-state index contributed by atoms with van der Waals surface area (Å²) in [6, 6.07) is 0. The van der Waals surface area contributed by atoms with Crippen LogP contribution in [-0.4, -0.2) is 58.3 Å². The molecule has 0 saturated heterocycles. The molecule has 0 aliphatic rings. The molecular formula is C13H26N4OS. The Hall–Kier alpha value is -0.850. The van der Waals surface area contributed by atoms with Crippen molar-refractivity contribution in [3.63, 3.8) is 0 Å². The van der Waals surface area contributed by atoms with Gasteiger partial charge in [0.2, 0.25) is 5.88 Å². The van der Waals surface area contributed by atoms with Crippen LogP contribution in [0.1, 0.15) is 17.7 Å². The molecule has 0 radical (unpaired) electrons. The Kier molecular flexibility index (Phi) is 7.12. The average molecular weight is 286 g/mol. The summed E-state index contributed by atoms with van der Waals surface area (Å²) in [5.41, 5.74) is 0. The van der Waals surface area contributed by atoms with Crippen LogP contribution < -0.4 is 15.0 Å². The third kappa shape index (κ3) is 5.76. The standard InChI is InChI=1S/C13H26N4OS/c1-16(2)9-7-6-8-14-10-11-12(18-5)15-13(19-11)17(3)4/h14H,6-10H2,1-5H3. The molecule has 0 aliphatic carbocycles. The van der Waals surface area contributed by atoms with Gasteiger partial charge in [-0.2, -0.15) is 4.98 Å². The first kappa shape index (κ1) is 16.2. The summed E-state index contributed by atoms with van der Waals surface area (Å²) < 4.78 is 5.31. The largest absolute Gasteiger partial charge is 0.480 e. The predicted molar refractivity (Wildman–Crippen MR) is 82.5 cm³/mol. The third-order valence-electron chi connectivity index (χ3n) is 2.72. The summed E-state index contributed by atoms with van der Waals surface area (Å²) in [5, 5.41) is 4.44. The van der Waals surface area contributed by atoms with Crippen LogP contribution in [0, 0.1) is 0 Å². The molecule has 19 heavy (non-hydrogen) atoms. The fourth-order valence-corrected chi connectivity index (χ4v) is 2.59. The van der Waals surface area contributed by atoms with Crippen LogP contribution in [0.5, 0.6) is 5.88 Å². The van der Waals surface area contributed by atoms with E-state index in [1.165, 1.54) is 17.7 Å². The number of methoxy groups -OCH3 is 1. The number of thiazole rings is 1. The molecule has 0 fully saturated rings. The lowest BCUT2D eigenvalue weighted by molar-refractivity contribution is 0.388. The minimum atomic E-state index is 0.745. The van der Waals surface area contributed by atoms with E-state index in [1.807, 2.05) is 19.0 Å². The second-order valence-corrected chi connectivity index (χ2v) is 6.07. The van der Waals surface area contributed by atoms with Gasteiger partial charge in [-0.15, -0.1) is 0 Å². The highest BCUT2D eigenvalue weighted by atomic mass is 32.1. The van der Waals surface area contributed by atoms with Gasteiger partial charge in [-0.1, -0.05) is 11.3 Å². The number of hydrogen-bond acceptors (Lipinski definition) is 6. The van der Waals surface area contributed by atoms with Crippen molar-refractivity contribution in [1.29, 1.82) is 0 Å². The van der Waals surface area contributed by atoms with E-state index in [0.717, 1.165) is 30.6 Å². The first-order valence-corrected chi connectivity index (χ1v) is 7.42. The molecule has 0 unspecified atom stereocenters. The van der Waals surface area contributed by atoms with E-state index in [9.17, 15) is 0 Å². The molecule has 1 rings (SSSR count). The van der Waals surface area contributed by atoms with E-state index in [0.29, 0.717) is 0 Å². The van der Waals surface area contributed by atoms with Crippen molar-refractivity contribution < 1.29 is 4.74 Å². The molecule has 0 aromatic carbocycles. The van der Waals surface area contributed by atoms with Crippen LogP contribution in [-0.2, 0) is 6.54 Å². The Balaban J connectivity index is 2.32. The van der Waals surface area contributed by atoms with Gasteiger partial charge < -0.3 is 19.9 Å². The van der Waals surface area contributed by atoms with Gasteiger partial charge in [0.05, 0.1) is 12.0 Å².